The predicted octanol–water partition coefficient (Wildman–Crippen LogP) is 2.20. The van der Waals surface area contributed by atoms with Crippen molar-refractivity contribution in [3.05, 3.63) is 59.2 Å². The summed E-state index contributed by atoms with van der Waals surface area (Å²) < 4.78 is 0. The third-order valence-corrected chi connectivity index (χ3v) is 3.28. The van der Waals surface area contributed by atoms with Crippen LogP contribution in [0.3, 0.4) is 0 Å². The lowest BCUT2D eigenvalue weighted by atomic mass is 10.1. The quantitative estimate of drug-likeness (QED) is 0.763. The molecule has 1 amide bonds. The number of nitrogens with zero attached hydrogens (tertiary/aromatic N) is 2. The number of H-pyrrole nitrogens is 1. The molecule has 0 unspecified atom stereocenters. The van der Waals surface area contributed by atoms with Crippen LogP contribution in [-0.4, -0.2) is 21.3 Å². The zero-order valence-electron chi connectivity index (χ0n) is 11.1. The van der Waals surface area contributed by atoms with Gasteiger partial charge in [0.2, 0.25) is 0 Å². The van der Waals surface area contributed by atoms with Crippen molar-refractivity contribution in [2.45, 2.75) is 13.5 Å². The average Bonchev–Trinajstić information content (AvgIpc) is 2.93. The number of aromatic amines is 1. The van der Waals surface area contributed by atoms with Crippen molar-refractivity contribution in [2.75, 3.05) is 0 Å². The molecule has 1 aromatic heterocycles. The Kier molecular flexibility index (Phi) is 3.16. The van der Waals surface area contributed by atoms with Gasteiger partial charge >= 0.3 is 0 Å². The van der Waals surface area contributed by atoms with E-state index in [4.69, 9.17) is 0 Å². The van der Waals surface area contributed by atoms with Crippen molar-refractivity contribution in [3.63, 3.8) is 0 Å². The number of aromatic nitrogens is 3. The van der Waals surface area contributed by atoms with Crippen LogP contribution in [0, 0.1) is 6.92 Å². The lowest BCUT2D eigenvalue weighted by Gasteiger charge is -2.07. The third kappa shape index (κ3) is 2.38. The molecule has 0 saturated heterocycles. The highest BCUT2D eigenvalue weighted by Gasteiger charge is 2.08. The topological polar surface area (TPSA) is 70.7 Å². The Hall–Kier alpha value is -2.69. The Balaban J connectivity index is 1.74. The van der Waals surface area contributed by atoms with Crippen LogP contribution in [0.15, 0.2) is 42.5 Å². The summed E-state index contributed by atoms with van der Waals surface area (Å²) in [7, 11) is 0. The minimum absolute atomic E-state index is 0.113. The summed E-state index contributed by atoms with van der Waals surface area (Å²) in [6.45, 7) is 2.55. The van der Waals surface area contributed by atoms with Gasteiger partial charge in [-0.05, 0) is 36.2 Å². The molecule has 0 aliphatic rings. The molecule has 2 N–H and O–H groups in total. The highest BCUT2D eigenvalue weighted by atomic mass is 16.1. The molecule has 2 aromatic carbocycles. The van der Waals surface area contributed by atoms with E-state index < -0.39 is 0 Å². The normalized spacial score (nSPS) is 10.7. The van der Waals surface area contributed by atoms with Gasteiger partial charge in [-0.25, -0.2) is 0 Å². The first-order chi connectivity index (χ1) is 9.74. The molecule has 0 bridgehead atoms. The number of rotatable bonds is 3. The number of hydrogen-bond acceptors (Lipinski definition) is 3. The molecule has 0 radical (unpaired) electrons. The first kappa shape index (κ1) is 12.3. The smallest absolute Gasteiger partial charge is 0.251 e. The molecular formula is C15H14N4O. The maximum atomic E-state index is 12.1. The van der Waals surface area contributed by atoms with Crippen LogP contribution >= 0.6 is 0 Å². The van der Waals surface area contributed by atoms with Crippen molar-refractivity contribution in [3.8, 4) is 0 Å². The van der Waals surface area contributed by atoms with Crippen molar-refractivity contribution in [1.82, 2.24) is 20.7 Å². The zero-order chi connectivity index (χ0) is 13.9. The Bertz CT molecular complexity index is 763. The second-order valence-electron chi connectivity index (χ2n) is 4.64. The lowest BCUT2D eigenvalue weighted by Crippen LogP contribution is -2.23. The highest BCUT2D eigenvalue weighted by Crippen LogP contribution is 2.11. The van der Waals surface area contributed by atoms with Crippen molar-refractivity contribution in [2.24, 2.45) is 0 Å². The van der Waals surface area contributed by atoms with Gasteiger partial charge in [-0.15, -0.1) is 0 Å². The second kappa shape index (κ2) is 5.13. The monoisotopic (exact) mass is 266 g/mol. The number of hydrogen-bond donors (Lipinski definition) is 2. The molecule has 5 nitrogen and oxygen atoms in total. The third-order valence-electron chi connectivity index (χ3n) is 3.28. The van der Waals surface area contributed by atoms with Crippen LogP contribution in [0.25, 0.3) is 11.0 Å². The minimum atomic E-state index is -0.113. The van der Waals surface area contributed by atoms with Gasteiger partial charge < -0.3 is 5.32 Å². The van der Waals surface area contributed by atoms with Crippen LogP contribution in [0.4, 0.5) is 0 Å². The predicted molar refractivity (Wildman–Crippen MR) is 76.2 cm³/mol. The van der Waals surface area contributed by atoms with E-state index in [2.05, 4.69) is 20.7 Å². The fourth-order valence-electron chi connectivity index (χ4n) is 2.07. The Morgan fingerprint density at radius 1 is 1.15 bits per heavy atom. The molecule has 0 saturated carbocycles. The van der Waals surface area contributed by atoms with Crippen LogP contribution in [0.1, 0.15) is 21.5 Å². The number of carbonyl (C=O) groups is 1. The van der Waals surface area contributed by atoms with E-state index in [1.807, 2.05) is 31.2 Å². The lowest BCUT2D eigenvalue weighted by molar-refractivity contribution is 0.0951. The van der Waals surface area contributed by atoms with E-state index in [1.165, 1.54) is 5.56 Å². The molecule has 0 spiro atoms. The second-order valence-corrected chi connectivity index (χ2v) is 4.64. The van der Waals surface area contributed by atoms with Gasteiger partial charge in [-0.3, -0.25) is 4.79 Å². The zero-order valence-corrected chi connectivity index (χ0v) is 11.1. The van der Waals surface area contributed by atoms with Gasteiger partial charge in [0.15, 0.2) is 0 Å². The first-order valence-electron chi connectivity index (χ1n) is 6.37. The van der Waals surface area contributed by atoms with Crippen molar-refractivity contribution >= 4 is 16.9 Å². The summed E-state index contributed by atoms with van der Waals surface area (Å²) in [5.74, 6) is -0.113. The van der Waals surface area contributed by atoms with Crippen molar-refractivity contribution < 1.29 is 4.79 Å². The highest BCUT2D eigenvalue weighted by molar-refractivity contribution is 5.97. The fraction of sp³-hybridized carbons (Fsp3) is 0.133. The maximum Gasteiger partial charge on any atom is 0.251 e. The summed E-state index contributed by atoms with van der Waals surface area (Å²) in [6, 6.07) is 13.3. The summed E-state index contributed by atoms with van der Waals surface area (Å²) in [5.41, 5.74) is 4.30. The van der Waals surface area contributed by atoms with Gasteiger partial charge in [-0.1, -0.05) is 24.3 Å². The molecule has 3 rings (SSSR count). The molecule has 0 aliphatic carbocycles. The van der Waals surface area contributed by atoms with Crippen LogP contribution in [0.2, 0.25) is 0 Å². The minimum Gasteiger partial charge on any atom is -0.348 e. The summed E-state index contributed by atoms with van der Waals surface area (Å²) in [5, 5.41) is 13.4. The standard InChI is InChI=1S/C15H14N4O/c1-10-4-2-3-5-12(10)9-16-15(20)11-6-7-13-14(8-11)18-19-17-13/h2-8H,9H2,1H3,(H,16,20)(H,17,18,19). The molecule has 3 aromatic rings. The van der Waals surface area contributed by atoms with E-state index in [1.54, 1.807) is 18.2 Å². The fourth-order valence-corrected chi connectivity index (χ4v) is 2.07. The van der Waals surface area contributed by atoms with Gasteiger partial charge in [-0.2, -0.15) is 15.4 Å². The molecule has 0 fully saturated rings. The molecule has 5 heteroatoms. The number of carbonyl (C=O) groups excluding carboxylic acids is 1. The van der Waals surface area contributed by atoms with Gasteiger partial charge in [0.25, 0.3) is 5.91 Å². The number of aryl methyl sites for hydroxylation is 1. The van der Waals surface area contributed by atoms with E-state index >= 15 is 0 Å². The van der Waals surface area contributed by atoms with Gasteiger partial charge in [0, 0.05) is 12.1 Å². The molecule has 100 valence electrons. The Morgan fingerprint density at radius 2 is 1.95 bits per heavy atom. The number of benzene rings is 2. The van der Waals surface area contributed by atoms with Crippen molar-refractivity contribution in [1.29, 1.82) is 0 Å². The SMILES string of the molecule is Cc1ccccc1CNC(=O)c1ccc2n[nH]nc2c1. The van der Waals surface area contributed by atoms with E-state index in [9.17, 15) is 4.79 Å². The van der Waals surface area contributed by atoms with Crippen LogP contribution < -0.4 is 5.32 Å². The number of amides is 1. The summed E-state index contributed by atoms with van der Waals surface area (Å²) in [6.07, 6.45) is 0. The molecular weight excluding hydrogens is 252 g/mol. The average molecular weight is 266 g/mol. The van der Waals surface area contributed by atoms with Gasteiger partial charge in [0.1, 0.15) is 11.0 Å². The molecule has 0 aliphatic heterocycles. The summed E-state index contributed by atoms with van der Waals surface area (Å²) in [4.78, 5) is 12.1. The Labute approximate surface area is 116 Å². The maximum absolute atomic E-state index is 12.1. The first-order valence-corrected chi connectivity index (χ1v) is 6.37. The van der Waals surface area contributed by atoms with E-state index in [0.717, 1.165) is 11.1 Å². The van der Waals surface area contributed by atoms with E-state index in [0.29, 0.717) is 17.6 Å². The largest absolute Gasteiger partial charge is 0.348 e. The van der Waals surface area contributed by atoms with Crippen LogP contribution in [-0.2, 0) is 6.54 Å². The summed E-state index contributed by atoms with van der Waals surface area (Å²) >= 11 is 0. The molecule has 0 atom stereocenters. The molecule has 20 heavy (non-hydrogen) atoms. The van der Waals surface area contributed by atoms with Gasteiger partial charge in [0.05, 0.1) is 0 Å². The van der Waals surface area contributed by atoms with Crippen LogP contribution in [0.5, 0.6) is 0 Å². The number of nitrogens with one attached hydrogen (secondary N) is 2. The van der Waals surface area contributed by atoms with E-state index in [-0.39, 0.29) is 5.91 Å². The number of fused-ring (bicyclic) bond motifs is 1. The Morgan fingerprint density at radius 3 is 2.80 bits per heavy atom. The molecule has 1 heterocycles.